The first-order chi connectivity index (χ1) is 11.0. The number of ether oxygens (including phenoxy) is 1. The molecule has 3 aromatic rings. The minimum absolute atomic E-state index is 0.357. The summed E-state index contributed by atoms with van der Waals surface area (Å²) in [4.78, 5) is 0. The van der Waals surface area contributed by atoms with Gasteiger partial charge in [-0.2, -0.15) is 8.78 Å². The van der Waals surface area contributed by atoms with Gasteiger partial charge in [-0.05, 0) is 17.7 Å². The van der Waals surface area contributed by atoms with Gasteiger partial charge in [-0.1, -0.05) is 54.1 Å². The molecule has 0 saturated heterocycles. The Morgan fingerprint density at radius 2 is 1.74 bits per heavy atom. The molecule has 0 bridgehead atoms. The molecule has 23 heavy (non-hydrogen) atoms. The summed E-state index contributed by atoms with van der Waals surface area (Å²) < 4.78 is 45.6. The average molecular weight is 341 g/mol. The molecule has 1 heterocycles. The molecule has 2 aromatic carbocycles. The van der Waals surface area contributed by atoms with Crippen molar-refractivity contribution in [1.82, 2.24) is 9.78 Å². The molecular formula is C16H12ClF3N2O. The Morgan fingerprint density at radius 1 is 1.09 bits per heavy atom. The number of benzene rings is 2. The molecule has 120 valence electrons. The van der Waals surface area contributed by atoms with E-state index in [1.807, 2.05) is 30.3 Å². The number of hydrogen-bond acceptors (Lipinski definition) is 2. The van der Waals surface area contributed by atoms with Crippen molar-refractivity contribution < 1.29 is 17.9 Å². The first-order valence-corrected chi connectivity index (χ1v) is 7.25. The predicted octanol–water partition coefficient (Wildman–Crippen LogP) is 4.59. The molecule has 3 nitrogen and oxygen atoms in total. The predicted molar refractivity (Wildman–Crippen MR) is 81.6 cm³/mol. The van der Waals surface area contributed by atoms with Crippen LogP contribution in [-0.2, 0) is 6.54 Å². The van der Waals surface area contributed by atoms with Gasteiger partial charge >= 0.3 is 6.11 Å². The molecule has 3 rings (SSSR count). The molecule has 0 aliphatic heterocycles. The number of nitrogens with zero attached hydrogens (tertiary/aromatic N) is 2. The van der Waals surface area contributed by atoms with E-state index >= 15 is 0 Å². The summed E-state index contributed by atoms with van der Waals surface area (Å²) in [5, 5.41) is 4.40. The number of halogens is 4. The monoisotopic (exact) mass is 340 g/mol. The van der Waals surface area contributed by atoms with E-state index in [-0.39, 0.29) is 5.88 Å². The van der Waals surface area contributed by atoms with Crippen LogP contribution >= 0.6 is 11.6 Å². The van der Waals surface area contributed by atoms with E-state index in [9.17, 15) is 13.2 Å². The molecular weight excluding hydrogens is 329 g/mol. The third-order valence-corrected chi connectivity index (χ3v) is 3.54. The van der Waals surface area contributed by atoms with Crippen molar-refractivity contribution in [3.05, 3.63) is 60.2 Å². The minimum Gasteiger partial charge on any atom is -0.409 e. The van der Waals surface area contributed by atoms with E-state index in [1.165, 1.54) is 4.68 Å². The van der Waals surface area contributed by atoms with Gasteiger partial charge in [0, 0.05) is 0 Å². The zero-order chi connectivity index (χ0) is 16.4. The fourth-order valence-corrected chi connectivity index (χ4v) is 2.27. The Kier molecular flexibility index (Phi) is 4.17. The second-order valence-corrected chi connectivity index (χ2v) is 5.31. The second-order valence-electron chi connectivity index (χ2n) is 4.93. The first-order valence-electron chi connectivity index (χ1n) is 6.82. The smallest absolute Gasteiger partial charge is 0.409 e. The lowest BCUT2D eigenvalue weighted by Crippen LogP contribution is -2.33. The molecule has 1 atom stereocenters. The summed E-state index contributed by atoms with van der Waals surface area (Å²) in [6, 6.07) is 16.1. The molecule has 0 spiro atoms. The molecule has 0 aliphatic carbocycles. The number of aromatic nitrogens is 2. The summed E-state index contributed by atoms with van der Waals surface area (Å²) in [6.07, 6.45) is -4.16. The Balaban J connectivity index is 2.00. The highest BCUT2D eigenvalue weighted by Gasteiger charge is 2.43. The van der Waals surface area contributed by atoms with Gasteiger partial charge in [0.15, 0.2) is 0 Å². The van der Waals surface area contributed by atoms with Gasteiger partial charge in [0.25, 0.3) is 5.63 Å². The minimum atomic E-state index is -4.16. The van der Waals surface area contributed by atoms with E-state index in [4.69, 9.17) is 11.6 Å². The van der Waals surface area contributed by atoms with Crippen molar-refractivity contribution in [2.75, 3.05) is 0 Å². The van der Waals surface area contributed by atoms with Crippen molar-refractivity contribution in [1.29, 1.82) is 0 Å². The number of alkyl halides is 4. The average Bonchev–Trinajstić information content (AvgIpc) is 2.86. The summed E-state index contributed by atoms with van der Waals surface area (Å²) in [7, 11) is 0. The highest BCUT2D eigenvalue weighted by Crippen LogP contribution is 2.33. The maximum Gasteiger partial charge on any atom is 0.445 e. The van der Waals surface area contributed by atoms with Crippen LogP contribution in [0.3, 0.4) is 0 Å². The summed E-state index contributed by atoms with van der Waals surface area (Å²) in [6.45, 7) is 0.371. The van der Waals surface area contributed by atoms with Gasteiger partial charge in [-0.3, -0.25) is 4.68 Å². The second kappa shape index (κ2) is 6.12. The summed E-state index contributed by atoms with van der Waals surface area (Å²) >= 11 is 4.83. The van der Waals surface area contributed by atoms with Crippen LogP contribution in [-0.4, -0.2) is 21.5 Å². The van der Waals surface area contributed by atoms with Crippen LogP contribution in [0.4, 0.5) is 13.2 Å². The standard InChI is InChI=1S/C16H12ClF3N2O/c17-15(18)16(19,20)23-14-12-8-4-5-9-13(12)22(21-14)10-11-6-2-1-3-7-11/h1-9,15H,10H2. The number of hydrogen-bond donors (Lipinski definition) is 0. The number of rotatable bonds is 5. The highest BCUT2D eigenvalue weighted by atomic mass is 35.5. The third-order valence-electron chi connectivity index (χ3n) is 3.29. The molecule has 0 aliphatic rings. The third kappa shape index (κ3) is 3.27. The van der Waals surface area contributed by atoms with E-state index in [0.717, 1.165) is 5.56 Å². The van der Waals surface area contributed by atoms with Crippen LogP contribution in [0.25, 0.3) is 10.9 Å². The molecule has 0 amide bonds. The molecule has 0 saturated carbocycles. The largest absolute Gasteiger partial charge is 0.445 e. The Labute approximate surface area is 135 Å². The van der Waals surface area contributed by atoms with E-state index in [0.29, 0.717) is 17.4 Å². The van der Waals surface area contributed by atoms with Crippen LogP contribution in [0.2, 0.25) is 0 Å². The molecule has 7 heteroatoms. The topological polar surface area (TPSA) is 27.1 Å². The summed E-state index contributed by atoms with van der Waals surface area (Å²) in [5.74, 6) is -0.357. The van der Waals surface area contributed by atoms with Gasteiger partial charge in [-0.15, -0.1) is 5.10 Å². The Morgan fingerprint density at radius 3 is 2.43 bits per heavy atom. The lowest BCUT2D eigenvalue weighted by molar-refractivity contribution is -0.200. The van der Waals surface area contributed by atoms with Crippen molar-refractivity contribution in [2.45, 2.75) is 18.3 Å². The molecule has 0 N–H and O–H groups in total. The SMILES string of the molecule is FC(Cl)C(F)(F)Oc1nn(Cc2ccccc2)c2ccccc12. The van der Waals surface area contributed by atoms with Crippen LogP contribution in [0.1, 0.15) is 5.56 Å². The van der Waals surface area contributed by atoms with Gasteiger partial charge in [0.1, 0.15) is 0 Å². The fourth-order valence-electron chi connectivity index (χ4n) is 2.22. The summed E-state index contributed by atoms with van der Waals surface area (Å²) in [5.41, 5.74) is -1.41. The van der Waals surface area contributed by atoms with E-state index < -0.39 is 11.7 Å². The molecule has 1 unspecified atom stereocenters. The normalized spacial score (nSPS) is 13.2. The maximum absolute atomic E-state index is 13.4. The quantitative estimate of drug-likeness (QED) is 0.635. The Bertz CT molecular complexity index is 805. The zero-order valence-electron chi connectivity index (χ0n) is 11.8. The lowest BCUT2D eigenvalue weighted by Gasteiger charge is -2.15. The van der Waals surface area contributed by atoms with Crippen LogP contribution in [0, 0.1) is 0 Å². The molecule has 0 radical (unpaired) electrons. The van der Waals surface area contributed by atoms with Gasteiger partial charge in [0.05, 0.1) is 17.4 Å². The fraction of sp³-hybridized carbons (Fsp3) is 0.188. The molecule has 1 aromatic heterocycles. The maximum atomic E-state index is 13.4. The van der Waals surface area contributed by atoms with Crippen molar-refractivity contribution in [3.63, 3.8) is 0 Å². The van der Waals surface area contributed by atoms with Crippen LogP contribution < -0.4 is 4.74 Å². The lowest BCUT2D eigenvalue weighted by atomic mass is 10.2. The van der Waals surface area contributed by atoms with Crippen molar-refractivity contribution in [2.24, 2.45) is 0 Å². The molecule has 0 fully saturated rings. The number of fused-ring (bicyclic) bond motifs is 1. The van der Waals surface area contributed by atoms with Crippen LogP contribution in [0.5, 0.6) is 5.88 Å². The van der Waals surface area contributed by atoms with Gasteiger partial charge in [-0.25, -0.2) is 4.39 Å². The highest BCUT2D eigenvalue weighted by molar-refractivity contribution is 6.20. The van der Waals surface area contributed by atoms with Crippen LogP contribution in [0.15, 0.2) is 54.6 Å². The first kappa shape index (κ1) is 15.7. The Hall–Kier alpha value is -2.21. The van der Waals surface area contributed by atoms with Gasteiger partial charge in [0.2, 0.25) is 5.88 Å². The zero-order valence-corrected chi connectivity index (χ0v) is 12.6. The van der Waals surface area contributed by atoms with Gasteiger partial charge < -0.3 is 4.74 Å². The van der Waals surface area contributed by atoms with Crippen molar-refractivity contribution >= 4 is 22.5 Å². The van der Waals surface area contributed by atoms with Crippen molar-refractivity contribution in [3.8, 4) is 5.88 Å². The van der Waals surface area contributed by atoms with E-state index in [1.54, 1.807) is 24.3 Å². The van der Waals surface area contributed by atoms with E-state index in [2.05, 4.69) is 9.84 Å². The number of para-hydroxylation sites is 1.